The smallest absolute Gasteiger partial charge is 0.404 e. The van der Waals surface area contributed by atoms with Crippen LogP contribution in [0.4, 0.5) is 4.79 Å². The van der Waals surface area contributed by atoms with Crippen LogP contribution in [-0.4, -0.2) is 65.6 Å². The van der Waals surface area contributed by atoms with Crippen LogP contribution < -0.4 is 15.4 Å². The molecule has 2 saturated heterocycles. The number of ether oxygens (including phenoxy) is 3. The average Bonchev–Trinajstić information content (AvgIpc) is 3.36. The lowest BCUT2D eigenvalue weighted by Gasteiger charge is -2.23. The van der Waals surface area contributed by atoms with Gasteiger partial charge in [-0.1, -0.05) is 24.3 Å². The molecule has 2 aromatic carbocycles. The molecule has 0 saturated carbocycles. The van der Waals surface area contributed by atoms with E-state index in [-0.39, 0.29) is 43.6 Å². The maximum atomic E-state index is 12.5. The van der Waals surface area contributed by atoms with E-state index in [4.69, 9.17) is 19.3 Å². The molecular formula is C26H31N3O7. The summed E-state index contributed by atoms with van der Waals surface area (Å²) in [5.74, 6) is -0.150. The Balaban J connectivity index is 1.15. The van der Waals surface area contributed by atoms with E-state index >= 15 is 0 Å². The zero-order valence-electron chi connectivity index (χ0n) is 20.4. The van der Waals surface area contributed by atoms with Crippen molar-refractivity contribution in [2.45, 2.75) is 51.4 Å². The van der Waals surface area contributed by atoms with Crippen molar-refractivity contribution in [2.75, 3.05) is 19.7 Å². The minimum absolute atomic E-state index is 0.0138. The van der Waals surface area contributed by atoms with E-state index in [1.807, 2.05) is 26.0 Å². The van der Waals surface area contributed by atoms with E-state index < -0.39 is 11.9 Å². The topological polar surface area (TPSA) is 126 Å². The molecule has 2 atom stereocenters. The molecule has 0 aromatic heterocycles. The lowest BCUT2D eigenvalue weighted by Crippen LogP contribution is -2.34. The number of benzene rings is 2. The van der Waals surface area contributed by atoms with E-state index in [1.165, 1.54) is 0 Å². The van der Waals surface area contributed by atoms with Crippen molar-refractivity contribution in [3.63, 3.8) is 0 Å². The Morgan fingerprint density at radius 1 is 0.944 bits per heavy atom. The number of likely N-dealkylation sites (tertiary alicyclic amines) is 1. The van der Waals surface area contributed by atoms with Gasteiger partial charge in [0.2, 0.25) is 5.91 Å². The van der Waals surface area contributed by atoms with E-state index in [1.54, 1.807) is 41.3 Å². The molecule has 0 unspecified atom stereocenters. The third-order valence-corrected chi connectivity index (χ3v) is 6.06. The summed E-state index contributed by atoms with van der Waals surface area (Å²) in [7, 11) is 0. The third-order valence-electron chi connectivity index (χ3n) is 6.06. The Hall–Kier alpha value is -3.63. The van der Waals surface area contributed by atoms with Gasteiger partial charge in [-0.05, 0) is 49.2 Å². The molecule has 2 aromatic rings. The number of carbonyl (C=O) groups excluding carboxylic acids is 2. The standard InChI is InChI=1S/C26H31N3O7/c1-26(2)35-21-15-29(16-22(21)36-26)23(30)11-12-34-20-9-5-18(6-10-20)13-27-24(31)19-7-3-17(4-8-19)14-28-25(32)33/h3-10,21-22,28H,11-16H2,1-2H3,(H,27,31)(H,32,33)/t21-,22-/m1/s1. The van der Waals surface area contributed by atoms with Crippen molar-refractivity contribution in [1.82, 2.24) is 15.5 Å². The second-order valence-electron chi connectivity index (χ2n) is 9.29. The van der Waals surface area contributed by atoms with Crippen molar-refractivity contribution < 1.29 is 33.7 Å². The van der Waals surface area contributed by atoms with E-state index in [9.17, 15) is 14.4 Å². The number of carboxylic acid groups (broad SMARTS) is 1. The highest BCUT2D eigenvalue weighted by Gasteiger charge is 2.47. The first-order valence-electron chi connectivity index (χ1n) is 11.9. The van der Waals surface area contributed by atoms with Crippen LogP contribution in [0.15, 0.2) is 48.5 Å². The first-order valence-corrected chi connectivity index (χ1v) is 11.9. The summed E-state index contributed by atoms with van der Waals surface area (Å²) in [6.45, 7) is 5.65. The summed E-state index contributed by atoms with van der Waals surface area (Å²) in [5.41, 5.74) is 2.16. The van der Waals surface area contributed by atoms with E-state index in [0.29, 0.717) is 30.9 Å². The van der Waals surface area contributed by atoms with Gasteiger partial charge in [-0.15, -0.1) is 0 Å². The summed E-state index contributed by atoms with van der Waals surface area (Å²) < 4.78 is 17.4. The SMILES string of the molecule is CC1(C)O[C@@H]2CN(C(=O)CCOc3ccc(CNC(=O)c4ccc(CNC(=O)O)cc4)cc3)C[C@H]2O1. The third kappa shape index (κ3) is 6.73. The quantitative estimate of drug-likeness (QED) is 0.486. The second kappa shape index (κ2) is 11.0. The molecule has 0 radical (unpaired) electrons. The summed E-state index contributed by atoms with van der Waals surface area (Å²) in [6.07, 6.45) is -0.968. The van der Waals surface area contributed by atoms with Gasteiger partial charge in [-0.3, -0.25) is 9.59 Å². The number of fused-ring (bicyclic) bond motifs is 1. The largest absolute Gasteiger partial charge is 0.493 e. The highest BCUT2D eigenvalue weighted by atomic mass is 16.8. The Morgan fingerprint density at radius 2 is 1.50 bits per heavy atom. The molecule has 3 N–H and O–H groups in total. The monoisotopic (exact) mass is 497 g/mol. The fourth-order valence-corrected chi connectivity index (χ4v) is 4.28. The lowest BCUT2D eigenvalue weighted by molar-refractivity contribution is -0.160. The predicted octanol–water partition coefficient (Wildman–Crippen LogP) is 2.52. The number of nitrogens with one attached hydrogen (secondary N) is 2. The van der Waals surface area contributed by atoms with Crippen LogP contribution in [0.5, 0.6) is 5.75 Å². The van der Waals surface area contributed by atoms with Crippen LogP contribution in [0, 0.1) is 0 Å². The fourth-order valence-electron chi connectivity index (χ4n) is 4.28. The molecule has 0 spiro atoms. The number of hydrogen-bond acceptors (Lipinski definition) is 6. The van der Waals surface area contributed by atoms with Crippen LogP contribution in [-0.2, 0) is 27.4 Å². The molecule has 10 nitrogen and oxygen atoms in total. The molecule has 2 heterocycles. The van der Waals surface area contributed by atoms with Crippen LogP contribution >= 0.6 is 0 Å². The zero-order chi connectivity index (χ0) is 25.7. The molecule has 192 valence electrons. The van der Waals surface area contributed by atoms with Gasteiger partial charge < -0.3 is 34.9 Å². The molecule has 0 aliphatic carbocycles. The Bertz CT molecular complexity index is 1070. The number of rotatable bonds is 9. The molecule has 36 heavy (non-hydrogen) atoms. The highest BCUT2D eigenvalue weighted by Crippen LogP contribution is 2.33. The van der Waals surface area contributed by atoms with Crippen molar-refractivity contribution >= 4 is 17.9 Å². The van der Waals surface area contributed by atoms with Crippen molar-refractivity contribution in [3.8, 4) is 5.75 Å². The maximum Gasteiger partial charge on any atom is 0.404 e. The van der Waals surface area contributed by atoms with Crippen LogP contribution in [0.3, 0.4) is 0 Å². The molecule has 2 aliphatic rings. The summed E-state index contributed by atoms with van der Waals surface area (Å²) in [6, 6.07) is 14.1. The molecule has 0 bridgehead atoms. The highest BCUT2D eigenvalue weighted by molar-refractivity contribution is 5.94. The Labute approximate surface area is 209 Å². The molecule has 3 amide bonds. The summed E-state index contributed by atoms with van der Waals surface area (Å²) in [5, 5.41) is 13.8. The number of amides is 3. The Morgan fingerprint density at radius 3 is 2.08 bits per heavy atom. The predicted molar refractivity (Wildman–Crippen MR) is 129 cm³/mol. The molecule has 2 aliphatic heterocycles. The first-order chi connectivity index (χ1) is 17.2. The second-order valence-corrected chi connectivity index (χ2v) is 9.29. The van der Waals surface area contributed by atoms with Crippen molar-refractivity contribution in [1.29, 1.82) is 0 Å². The number of nitrogens with zero attached hydrogens (tertiary/aromatic N) is 1. The maximum absolute atomic E-state index is 12.5. The first kappa shape index (κ1) is 25.5. The van der Waals surface area contributed by atoms with Crippen LogP contribution in [0.1, 0.15) is 41.8 Å². The molecular weight excluding hydrogens is 466 g/mol. The van der Waals surface area contributed by atoms with Crippen molar-refractivity contribution in [3.05, 3.63) is 65.2 Å². The van der Waals surface area contributed by atoms with Gasteiger partial charge in [-0.2, -0.15) is 0 Å². The molecule has 4 rings (SSSR count). The van der Waals surface area contributed by atoms with Crippen LogP contribution in [0.25, 0.3) is 0 Å². The lowest BCUT2D eigenvalue weighted by atomic mass is 10.1. The number of hydrogen-bond donors (Lipinski definition) is 3. The summed E-state index contributed by atoms with van der Waals surface area (Å²) in [4.78, 5) is 37.2. The zero-order valence-corrected chi connectivity index (χ0v) is 20.4. The number of carbonyl (C=O) groups is 3. The molecule has 10 heteroatoms. The normalized spacial score (nSPS) is 20.0. The molecule has 2 fully saturated rings. The van der Waals surface area contributed by atoms with E-state index in [0.717, 1.165) is 11.1 Å². The van der Waals surface area contributed by atoms with Gasteiger partial charge in [0, 0.05) is 31.7 Å². The Kier molecular flexibility index (Phi) is 7.76. The van der Waals surface area contributed by atoms with Gasteiger partial charge in [0.25, 0.3) is 5.91 Å². The van der Waals surface area contributed by atoms with E-state index in [2.05, 4.69) is 10.6 Å². The minimum atomic E-state index is -1.10. The fraction of sp³-hybridized carbons (Fsp3) is 0.423. The van der Waals surface area contributed by atoms with Gasteiger partial charge in [0.05, 0.1) is 13.0 Å². The van der Waals surface area contributed by atoms with Crippen molar-refractivity contribution in [2.24, 2.45) is 0 Å². The average molecular weight is 498 g/mol. The minimum Gasteiger partial charge on any atom is -0.493 e. The van der Waals surface area contributed by atoms with Gasteiger partial charge in [0.1, 0.15) is 18.0 Å². The van der Waals surface area contributed by atoms with Gasteiger partial charge in [0.15, 0.2) is 5.79 Å². The van der Waals surface area contributed by atoms with Crippen LogP contribution in [0.2, 0.25) is 0 Å². The summed E-state index contributed by atoms with van der Waals surface area (Å²) >= 11 is 0. The van der Waals surface area contributed by atoms with Gasteiger partial charge >= 0.3 is 6.09 Å². The van der Waals surface area contributed by atoms with Gasteiger partial charge in [-0.25, -0.2) is 4.79 Å².